The van der Waals surface area contributed by atoms with Crippen molar-refractivity contribution in [3.63, 3.8) is 0 Å². The van der Waals surface area contributed by atoms with Crippen molar-refractivity contribution in [2.75, 3.05) is 29.6 Å². The Morgan fingerprint density at radius 3 is 2.32 bits per heavy atom. The quantitative estimate of drug-likeness (QED) is 0.457. The summed E-state index contributed by atoms with van der Waals surface area (Å²) >= 11 is 5.33. The molecule has 0 saturated carbocycles. The van der Waals surface area contributed by atoms with Gasteiger partial charge in [-0.3, -0.25) is 4.72 Å². The summed E-state index contributed by atoms with van der Waals surface area (Å²) in [5.41, 5.74) is 2.58. The number of aryl methyl sites for hydroxylation is 1. The molecule has 0 amide bonds. The molecule has 3 rings (SSSR count). The fourth-order valence-electron chi connectivity index (χ4n) is 2.56. The number of hydrogen-bond donors (Lipinski definition) is 3. The number of aromatic nitrogens is 2. The fourth-order valence-corrected chi connectivity index (χ4v) is 3.78. The lowest BCUT2D eigenvalue weighted by Gasteiger charge is -2.13. The Labute approximate surface area is 185 Å². The zero-order chi connectivity index (χ0) is 22.4. The molecule has 0 radical (unpaired) electrons. The Morgan fingerprint density at radius 2 is 1.68 bits per heavy atom. The molecule has 2 aromatic carbocycles. The van der Waals surface area contributed by atoms with Crippen LogP contribution in [0.25, 0.3) is 0 Å². The van der Waals surface area contributed by atoms with Crippen molar-refractivity contribution in [2.45, 2.75) is 11.8 Å². The highest BCUT2D eigenvalue weighted by atomic mass is 32.2. The zero-order valence-corrected chi connectivity index (χ0v) is 18.7. The van der Waals surface area contributed by atoms with Crippen LogP contribution >= 0.6 is 12.2 Å². The van der Waals surface area contributed by atoms with Gasteiger partial charge in [-0.1, -0.05) is 18.2 Å². The molecule has 0 unspecified atom stereocenters. The average Bonchev–Trinajstić information content (AvgIpc) is 2.75. The summed E-state index contributed by atoms with van der Waals surface area (Å²) in [6, 6.07) is 15.2. The minimum atomic E-state index is -3.89. The van der Waals surface area contributed by atoms with Gasteiger partial charge in [-0.25, -0.2) is 8.42 Å². The van der Waals surface area contributed by atoms with Crippen LogP contribution in [0.2, 0.25) is 0 Å². The van der Waals surface area contributed by atoms with Gasteiger partial charge in [0.05, 0.1) is 19.1 Å². The van der Waals surface area contributed by atoms with Crippen LogP contribution in [-0.4, -0.2) is 37.7 Å². The largest absolute Gasteiger partial charge is 0.481 e. The highest BCUT2D eigenvalue weighted by Crippen LogP contribution is 2.22. The van der Waals surface area contributed by atoms with Gasteiger partial charge in [0.15, 0.2) is 10.9 Å². The third-order valence-corrected chi connectivity index (χ3v) is 5.70. The maximum Gasteiger partial charge on any atom is 0.321 e. The molecule has 0 aliphatic rings. The molecule has 3 N–H and O–H groups in total. The van der Waals surface area contributed by atoms with E-state index in [0.29, 0.717) is 10.8 Å². The predicted molar refractivity (Wildman–Crippen MR) is 123 cm³/mol. The Bertz CT molecular complexity index is 1160. The minimum Gasteiger partial charge on any atom is -0.481 e. The summed E-state index contributed by atoms with van der Waals surface area (Å²) < 4.78 is 37.8. The van der Waals surface area contributed by atoms with Crippen LogP contribution in [0.4, 0.5) is 17.2 Å². The molecular weight excluding hydrogens is 438 g/mol. The van der Waals surface area contributed by atoms with Gasteiger partial charge >= 0.3 is 6.01 Å². The van der Waals surface area contributed by atoms with E-state index in [0.717, 1.165) is 11.3 Å². The van der Waals surface area contributed by atoms with Crippen molar-refractivity contribution in [3.8, 4) is 11.9 Å². The SMILES string of the molecule is COc1cc(NS(=O)(=O)c2ccc(NC(=S)Nc3ccccc3C)cc2)nc(OC)n1. The van der Waals surface area contributed by atoms with Crippen molar-refractivity contribution >= 4 is 44.5 Å². The molecule has 0 aliphatic heterocycles. The van der Waals surface area contributed by atoms with E-state index in [1.54, 1.807) is 12.1 Å². The molecule has 0 atom stereocenters. The first-order valence-corrected chi connectivity index (χ1v) is 10.9. The van der Waals surface area contributed by atoms with Crippen LogP contribution in [0.15, 0.2) is 59.5 Å². The number of rotatable bonds is 7. The van der Waals surface area contributed by atoms with Gasteiger partial charge in [0.1, 0.15) is 0 Å². The molecule has 11 heteroatoms. The number of nitrogens with zero attached hydrogens (tertiary/aromatic N) is 2. The smallest absolute Gasteiger partial charge is 0.321 e. The second-order valence-corrected chi connectivity index (χ2v) is 8.40. The molecule has 0 aliphatic carbocycles. The third-order valence-electron chi connectivity index (χ3n) is 4.13. The van der Waals surface area contributed by atoms with Gasteiger partial charge < -0.3 is 20.1 Å². The minimum absolute atomic E-state index is 0.0220. The Hall–Kier alpha value is -3.44. The number of anilines is 3. The topological polar surface area (TPSA) is 114 Å². The van der Waals surface area contributed by atoms with Crippen molar-refractivity contribution in [2.24, 2.45) is 0 Å². The lowest BCUT2D eigenvalue weighted by molar-refractivity contribution is 0.353. The molecule has 1 heterocycles. The Kier molecular flexibility index (Phi) is 6.88. The van der Waals surface area contributed by atoms with Crippen molar-refractivity contribution in [1.29, 1.82) is 0 Å². The summed E-state index contributed by atoms with van der Waals surface area (Å²) in [6.07, 6.45) is 0. The van der Waals surface area contributed by atoms with E-state index in [9.17, 15) is 8.42 Å². The number of nitrogens with one attached hydrogen (secondary N) is 3. The Morgan fingerprint density at radius 1 is 0.968 bits per heavy atom. The number of para-hydroxylation sites is 1. The number of hydrogen-bond acceptors (Lipinski definition) is 7. The van der Waals surface area contributed by atoms with Crippen LogP contribution in [0.5, 0.6) is 11.9 Å². The van der Waals surface area contributed by atoms with E-state index in [1.807, 2.05) is 31.2 Å². The van der Waals surface area contributed by atoms with E-state index in [-0.39, 0.29) is 22.6 Å². The molecule has 0 spiro atoms. The van der Waals surface area contributed by atoms with Crippen molar-refractivity contribution in [1.82, 2.24) is 9.97 Å². The standard InChI is InChI=1S/C20H21N5O4S2/c1-13-6-4-5-7-16(13)22-20(30)21-14-8-10-15(11-9-14)31(26,27)25-17-12-18(28-2)24-19(23-17)29-3/h4-12H,1-3H3,(H2,21,22,30)(H,23,24,25). The molecule has 0 saturated heterocycles. The summed E-state index contributed by atoms with van der Waals surface area (Å²) in [5, 5.41) is 6.53. The van der Waals surface area contributed by atoms with E-state index in [2.05, 4.69) is 25.3 Å². The van der Waals surface area contributed by atoms with E-state index >= 15 is 0 Å². The first kappa shape index (κ1) is 22.2. The molecule has 31 heavy (non-hydrogen) atoms. The van der Waals surface area contributed by atoms with Crippen LogP contribution in [0.1, 0.15) is 5.56 Å². The van der Waals surface area contributed by atoms with Crippen LogP contribution in [-0.2, 0) is 10.0 Å². The van der Waals surface area contributed by atoms with Gasteiger partial charge in [-0.15, -0.1) is 0 Å². The van der Waals surface area contributed by atoms with E-state index < -0.39 is 10.0 Å². The summed E-state index contributed by atoms with van der Waals surface area (Å²) in [6.45, 7) is 1.97. The summed E-state index contributed by atoms with van der Waals surface area (Å²) in [5.74, 6) is 0.188. The molecule has 162 valence electrons. The van der Waals surface area contributed by atoms with Crippen LogP contribution in [0.3, 0.4) is 0 Å². The molecular formula is C20H21N5O4S2. The first-order valence-electron chi connectivity index (χ1n) is 9.04. The predicted octanol–water partition coefficient (Wildman–Crippen LogP) is 3.41. The number of thiocarbonyl (C=S) groups is 1. The summed E-state index contributed by atoms with van der Waals surface area (Å²) in [7, 11) is -1.11. The third kappa shape index (κ3) is 5.80. The van der Waals surface area contributed by atoms with E-state index in [1.165, 1.54) is 32.4 Å². The lowest BCUT2D eigenvalue weighted by atomic mass is 10.2. The molecule has 3 aromatic rings. The fraction of sp³-hybridized carbons (Fsp3) is 0.150. The number of ether oxygens (including phenoxy) is 2. The highest BCUT2D eigenvalue weighted by Gasteiger charge is 2.17. The second kappa shape index (κ2) is 9.58. The van der Waals surface area contributed by atoms with Crippen molar-refractivity contribution in [3.05, 3.63) is 60.2 Å². The first-order chi connectivity index (χ1) is 14.8. The summed E-state index contributed by atoms with van der Waals surface area (Å²) in [4.78, 5) is 7.95. The lowest BCUT2D eigenvalue weighted by Crippen LogP contribution is -2.19. The average molecular weight is 460 g/mol. The van der Waals surface area contributed by atoms with Crippen molar-refractivity contribution < 1.29 is 17.9 Å². The number of sulfonamides is 1. The molecule has 9 nitrogen and oxygen atoms in total. The normalized spacial score (nSPS) is 10.8. The maximum atomic E-state index is 12.7. The van der Waals surface area contributed by atoms with Crippen LogP contribution < -0.4 is 24.8 Å². The molecule has 0 fully saturated rings. The molecule has 0 bridgehead atoms. The number of benzene rings is 2. The number of methoxy groups -OCH3 is 2. The zero-order valence-electron chi connectivity index (χ0n) is 17.0. The highest BCUT2D eigenvalue weighted by molar-refractivity contribution is 7.92. The maximum absolute atomic E-state index is 12.7. The molecule has 1 aromatic heterocycles. The Balaban J connectivity index is 1.70. The monoisotopic (exact) mass is 459 g/mol. The van der Waals surface area contributed by atoms with Crippen LogP contribution in [0, 0.1) is 6.92 Å². The van der Waals surface area contributed by atoms with Gasteiger partial charge in [0.25, 0.3) is 10.0 Å². The van der Waals surface area contributed by atoms with E-state index in [4.69, 9.17) is 21.7 Å². The van der Waals surface area contributed by atoms with Gasteiger partial charge in [-0.2, -0.15) is 9.97 Å². The van der Waals surface area contributed by atoms with Gasteiger partial charge in [0, 0.05) is 17.4 Å². The van der Waals surface area contributed by atoms with Gasteiger partial charge in [-0.05, 0) is 55.0 Å². The second-order valence-electron chi connectivity index (χ2n) is 6.31. The van der Waals surface area contributed by atoms with Gasteiger partial charge in [0.2, 0.25) is 5.88 Å².